The molecule has 26 heavy (non-hydrogen) atoms. The molecule has 0 spiro atoms. The number of carbonyl (C=O) groups is 1. The van der Waals surface area contributed by atoms with E-state index in [-0.39, 0.29) is 6.03 Å². The van der Waals surface area contributed by atoms with E-state index < -0.39 is 0 Å². The third-order valence-electron chi connectivity index (χ3n) is 3.91. The molecule has 0 saturated carbocycles. The summed E-state index contributed by atoms with van der Waals surface area (Å²) in [5.41, 5.74) is 3.12. The number of nitrogens with zero attached hydrogens (tertiary/aromatic N) is 2. The van der Waals surface area contributed by atoms with E-state index in [1.54, 1.807) is 13.3 Å². The van der Waals surface area contributed by atoms with Crippen molar-refractivity contribution in [3.8, 4) is 5.75 Å². The average Bonchev–Trinajstić information content (AvgIpc) is 3.13. The number of methoxy groups -OCH3 is 1. The first kappa shape index (κ1) is 17.5. The lowest BCUT2D eigenvalue weighted by Gasteiger charge is -2.08. The van der Waals surface area contributed by atoms with E-state index in [1.807, 2.05) is 53.3 Å². The first-order chi connectivity index (χ1) is 12.7. The molecule has 0 aliphatic heterocycles. The Labute approximate surface area is 152 Å². The number of amides is 2. The van der Waals surface area contributed by atoms with Crippen molar-refractivity contribution in [2.24, 2.45) is 0 Å². The molecular formula is C20H22N4O2. The fraction of sp³-hybridized carbons (Fsp3) is 0.200. The predicted molar refractivity (Wildman–Crippen MR) is 99.8 cm³/mol. The third-order valence-corrected chi connectivity index (χ3v) is 3.91. The summed E-state index contributed by atoms with van der Waals surface area (Å²) in [5.74, 6) is 0.774. The third kappa shape index (κ3) is 5.11. The Hall–Kier alpha value is -3.28. The van der Waals surface area contributed by atoms with E-state index in [1.165, 1.54) is 5.56 Å². The second-order valence-corrected chi connectivity index (χ2v) is 5.92. The van der Waals surface area contributed by atoms with Gasteiger partial charge in [-0.2, -0.15) is 5.10 Å². The zero-order valence-corrected chi connectivity index (χ0v) is 14.7. The van der Waals surface area contributed by atoms with Gasteiger partial charge in [-0.15, -0.1) is 0 Å². The minimum absolute atomic E-state index is 0.219. The highest BCUT2D eigenvalue weighted by Crippen LogP contribution is 2.12. The monoisotopic (exact) mass is 350 g/mol. The molecule has 0 aliphatic rings. The predicted octanol–water partition coefficient (Wildman–Crippen LogP) is 2.94. The van der Waals surface area contributed by atoms with Crippen LogP contribution in [0.5, 0.6) is 5.75 Å². The van der Waals surface area contributed by atoms with Gasteiger partial charge in [0.05, 0.1) is 19.9 Å². The highest BCUT2D eigenvalue weighted by Gasteiger charge is 2.04. The molecular weight excluding hydrogens is 328 g/mol. The van der Waals surface area contributed by atoms with Crippen LogP contribution in [0.2, 0.25) is 0 Å². The van der Waals surface area contributed by atoms with Gasteiger partial charge in [-0.3, -0.25) is 4.68 Å². The number of ether oxygens (including phenoxy) is 1. The second kappa shape index (κ2) is 8.71. The highest BCUT2D eigenvalue weighted by atomic mass is 16.5. The Morgan fingerprint density at radius 2 is 1.73 bits per heavy atom. The highest BCUT2D eigenvalue weighted by molar-refractivity contribution is 5.73. The Morgan fingerprint density at radius 1 is 1.00 bits per heavy atom. The summed E-state index contributed by atoms with van der Waals surface area (Å²) in [7, 11) is 1.62. The Morgan fingerprint density at radius 3 is 2.50 bits per heavy atom. The number of carbonyl (C=O) groups excluding carboxylic acids is 1. The van der Waals surface area contributed by atoms with Crippen molar-refractivity contribution in [2.75, 3.05) is 7.11 Å². The van der Waals surface area contributed by atoms with Gasteiger partial charge in [-0.1, -0.05) is 42.5 Å². The quantitative estimate of drug-likeness (QED) is 0.688. The number of rotatable bonds is 7. The lowest BCUT2D eigenvalue weighted by molar-refractivity contribution is 0.240. The molecule has 0 radical (unpaired) electrons. The van der Waals surface area contributed by atoms with Crippen LogP contribution in [0.1, 0.15) is 16.7 Å². The lowest BCUT2D eigenvalue weighted by Crippen LogP contribution is -2.34. The van der Waals surface area contributed by atoms with Crippen molar-refractivity contribution in [1.29, 1.82) is 0 Å². The summed E-state index contributed by atoms with van der Waals surface area (Å²) in [6, 6.07) is 17.5. The minimum atomic E-state index is -0.219. The van der Waals surface area contributed by atoms with Crippen LogP contribution < -0.4 is 15.4 Å². The second-order valence-electron chi connectivity index (χ2n) is 5.92. The molecule has 134 valence electrons. The maximum absolute atomic E-state index is 12.0. The fourth-order valence-corrected chi connectivity index (χ4v) is 2.56. The molecule has 0 unspecified atom stereocenters. The largest absolute Gasteiger partial charge is 0.497 e. The van der Waals surface area contributed by atoms with Crippen LogP contribution in [0.15, 0.2) is 67.0 Å². The SMILES string of the molecule is COc1cccc(CNC(=O)NCc2cnn(Cc3ccccc3)c2)c1. The molecule has 2 aromatic carbocycles. The molecule has 2 N–H and O–H groups in total. The minimum Gasteiger partial charge on any atom is -0.497 e. The van der Waals surface area contributed by atoms with Gasteiger partial charge < -0.3 is 15.4 Å². The van der Waals surface area contributed by atoms with Crippen LogP contribution in [0.4, 0.5) is 4.79 Å². The molecule has 3 rings (SSSR count). The zero-order chi connectivity index (χ0) is 18.2. The van der Waals surface area contributed by atoms with Gasteiger partial charge in [0.25, 0.3) is 0 Å². The number of benzene rings is 2. The van der Waals surface area contributed by atoms with Crippen LogP contribution in [-0.2, 0) is 19.6 Å². The number of nitrogens with one attached hydrogen (secondary N) is 2. The molecule has 2 amide bonds. The Kier molecular flexibility index (Phi) is 5.88. The first-order valence-corrected chi connectivity index (χ1v) is 8.43. The molecule has 0 atom stereocenters. The molecule has 0 fully saturated rings. The van der Waals surface area contributed by atoms with Crippen molar-refractivity contribution < 1.29 is 9.53 Å². The molecule has 0 saturated heterocycles. The summed E-state index contributed by atoms with van der Waals surface area (Å²) in [5, 5.41) is 10.0. The van der Waals surface area contributed by atoms with E-state index >= 15 is 0 Å². The maximum atomic E-state index is 12.0. The molecule has 0 bridgehead atoms. The van der Waals surface area contributed by atoms with E-state index in [9.17, 15) is 4.79 Å². The van der Waals surface area contributed by atoms with Gasteiger partial charge in [0.15, 0.2) is 0 Å². The molecule has 6 nitrogen and oxygen atoms in total. The number of hydrogen-bond donors (Lipinski definition) is 2. The standard InChI is InChI=1S/C20H22N4O2/c1-26-19-9-5-8-17(10-19)11-21-20(25)22-12-18-13-23-24(15-18)14-16-6-3-2-4-7-16/h2-10,13,15H,11-12,14H2,1H3,(H2,21,22,25). The van der Waals surface area contributed by atoms with E-state index in [0.29, 0.717) is 19.6 Å². The molecule has 3 aromatic rings. The first-order valence-electron chi connectivity index (χ1n) is 8.43. The van der Waals surface area contributed by atoms with Crippen LogP contribution in [0.3, 0.4) is 0 Å². The molecule has 0 aliphatic carbocycles. The number of aromatic nitrogens is 2. The fourth-order valence-electron chi connectivity index (χ4n) is 2.56. The zero-order valence-electron chi connectivity index (χ0n) is 14.7. The van der Waals surface area contributed by atoms with Crippen LogP contribution in [-0.4, -0.2) is 22.9 Å². The van der Waals surface area contributed by atoms with Crippen molar-refractivity contribution >= 4 is 6.03 Å². The van der Waals surface area contributed by atoms with Crippen molar-refractivity contribution in [3.05, 3.63) is 83.7 Å². The summed E-state index contributed by atoms with van der Waals surface area (Å²) in [6.07, 6.45) is 3.71. The lowest BCUT2D eigenvalue weighted by atomic mass is 10.2. The number of urea groups is 1. The van der Waals surface area contributed by atoms with Gasteiger partial charge in [0.2, 0.25) is 0 Å². The van der Waals surface area contributed by atoms with Crippen molar-refractivity contribution in [1.82, 2.24) is 20.4 Å². The van der Waals surface area contributed by atoms with Gasteiger partial charge in [-0.25, -0.2) is 4.79 Å². The smallest absolute Gasteiger partial charge is 0.315 e. The molecule has 6 heteroatoms. The van der Waals surface area contributed by atoms with Gasteiger partial charge >= 0.3 is 6.03 Å². The van der Waals surface area contributed by atoms with Crippen LogP contribution in [0, 0.1) is 0 Å². The normalized spacial score (nSPS) is 10.3. The van der Waals surface area contributed by atoms with Gasteiger partial charge in [-0.05, 0) is 23.3 Å². The summed E-state index contributed by atoms with van der Waals surface area (Å²) in [4.78, 5) is 12.0. The molecule has 1 heterocycles. The average molecular weight is 350 g/mol. The van der Waals surface area contributed by atoms with Gasteiger partial charge in [0.1, 0.15) is 5.75 Å². The maximum Gasteiger partial charge on any atom is 0.315 e. The van der Waals surface area contributed by atoms with Crippen LogP contribution in [0.25, 0.3) is 0 Å². The Bertz CT molecular complexity index is 846. The van der Waals surface area contributed by atoms with E-state index in [4.69, 9.17) is 4.74 Å². The summed E-state index contributed by atoms with van der Waals surface area (Å²) < 4.78 is 7.04. The van der Waals surface area contributed by atoms with Crippen molar-refractivity contribution in [2.45, 2.75) is 19.6 Å². The van der Waals surface area contributed by atoms with Crippen molar-refractivity contribution in [3.63, 3.8) is 0 Å². The van der Waals surface area contributed by atoms with E-state index in [0.717, 1.165) is 16.9 Å². The Balaban J connectivity index is 1.44. The topological polar surface area (TPSA) is 68.2 Å². The van der Waals surface area contributed by atoms with Gasteiger partial charge in [0, 0.05) is 24.8 Å². The summed E-state index contributed by atoms with van der Waals surface area (Å²) in [6.45, 7) is 1.58. The van der Waals surface area contributed by atoms with E-state index in [2.05, 4.69) is 27.9 Å². The molecule has 1 aromatic heterocycles. The van der Waals surface area contributed by atoms with Crippen LogP contribution >= 0.6 is 0 Å². The summed E-state index contributed by atoms with van der Waals surface area (Å²) >= 11 is 0. The number of hydrogen-bond acceptors (Lipinski definition) is 3.